The Balaban J connectivity index is 1.74. The average Bonchev–Trinajstić information content (AvgIpc) is 3.33. The van der Waals surface area contributed by atoms with Crippen molar-refractivity contribution in [3.63, 3.8) is 0 Å². The smallest absolute Gasteiger partial charge is 0.320 e. The first-order chi connectivity index (χ1) is 17.6. The summed E-state index contributed by atoms with van der Waals surface area (Å²) >= 11 is 0. The number of nitrogens with zero attached hydrogens (tertiary/aromatic N) is 2. The molecule has 1 aliphatic carbocycles. The monoisotopic (exact) mass is 512 g/mol. The molecule has 1 aliphatic heterocycles. The molecule has 1 saturated heterocycles. The first-order valence-corrected chi connectivity index (χ1v) is 13.2. The zero-order valence-corrected chi connectivity index (χ0v) is 22.5. The summed E-state index contributed by atoms with van der Waals surface area (Å²) in [5.74, 6) is -0.130. The van der Waals surface area contributed by atoms with Crippen LogP contribution in [0.3, 0.4) is 0 Å². The number of carbonyl (C=O) groups excluding carboxylic acids is 3. The van der Waals surface area contributed by atoms with E-state index in [-0.39, 0.29) is 37.4 Å². The molecule has 0 aromatic heterocycles. The van der Waals surface area contributed by atoms with Crippen molar-refractivity contribution in [3.8, 4) is 11.8 Å². The third-order valence-electron chi connectivity index (χ3n) is 7.22. The van der Waals surface area contributed by atoms with Gasteiger partial charge >= 0.3 is 5.97 Å². The standard InChI is InChI=1S/C28H40N4O5/c1-27(2,3)37-25(34)19-30-18-24(33)32-14-8-13-28(32,22-9-6-5-7-10-22)26(35)31-17-21-12-11-20(16-29)15-23(21)36-4/h11-12,15,22,30H,5-10,13-14,17-19H2,1-4H3,(H,31,35)/t28-/m1/s1. The minimum atomic E-state index is -0.912. The number of carbonyl (C=O) groups is 3. The van der Waals surface area contributed by atoms with Crippen molar-refractivity contribution >= 4 is 17.8 Å². The molecule has 0 unspecified atom stereocenters. The molecule has 9 heteroatoms. The third kappa shape index (κ3) is 7.01. The molecule has 3 rings (SSSR count). The normalized spacial score (nSPS) is 20.2. The highest BCUT2D eigenvalue weighted by Crippen LogP contribution is 2.43. The van der Waals surface area contributed by atoms with Crippen molar-refractivity contribution in [2.24, 2.45) is 5.92 Å². The molecule has 2 N–H and O–H groups in total. The van der Waals surface area contributed by atoms with Crippen LogP contribution in [0.4, 0.5) is 0 Å². The van der Waals surface area contributed by atoms with E-state index in [1.807, 2.05) is 0 Å². The van der Waals surface area contributed by atoms with Gasteiger partial charge in [-0.2, -0.15) is 5.26 Å². The molecule has 1 aromatic rings. The van der Waals surface area contributed by atoms with E-state index in [1.54, 1.807) is 43.9 Å². The number of hydrogen-bond acceptors (Lipinski definition) is 7. The van der Waals surface area contributed by atoms with Crippen LogP contribution in [0, 0.1) is 17.2 Å². The molecule has 0 spiro atoms. The second-order valence-electron chi connectivity index (χ2n) is 10.9. The number of amides is 2. The van der Waals surface area contributed by atoms with Gasteiger partial charge in [0.25, 0.3) is 0 Å². The maximum absolute atomic E-state index is 13.9. The molecular weight excluding hydrogens is 472 g/mol. The number of hydrogen-bond donors (Lipinski definition) is 2. The van der Waals surface area contributed by atoms with Crippen LogP contribution in [0.2, 0.25) is 0 Å². The van der Waals surface area contributed by atoms with Gasteiger partial charge in [-0.3, -0.25) is 19.7 Å². The van der Waals surface area contributed by atoms with Gasteiger partial charge in [-0.05, 0) is 64.5 Å². The zero-order valence-electron chi connectivity index (χ0n) is 22.5. The number of likely N-dealkylation sites (tertiary alicyclic amines) is 1. The zero-order chi connectivity index (χ0) is 27.1. The van der Waals surface area contributed by atoms with Gasteiger partial charge < -0.3 is 19.7 Å². The van der Waals surface area contributed by atoms with Gasteiger partial charge in [-0.25, -0.2) is 0 Å². The van der Waals surface area contributed by atoms with Gasteiger partial charge in [0, 0.05) is 18.7 Å². The summed E-state index contributed by atoms with van der Waals surface area (Å²) in [6.07, 6.45) is 6.41. The Bertz CT molecular complexity index is 1020. The van der Waals surface area contributed by atoms with Gasteiger partial charge in [-0.15, -0.1) is 0 Å². The van der Waals surface area contributed by atoms with E-state index < -0.39 is 17.1 Å². The van der Waals surface area contributed by atoms with Crippen LogP contribution in [0.1, 0.15) is 76.8 Å². The molecule has 0 bridgehead atoms. The number of methoxy groups -OCH3 is 1. The van der Waals surface area contributed by atoms with E-state index >= 15 is 0 Å². The van der Waals surface area contributed by atoms with Crippen LogP contribution in [-0.4, -0.2) is 60.6 Å². The lowest BCUT2D eigenvalue weighted by molar-refractivity contribution is -0.154. The summed E-state index contributed by atoms with van der Waals surface area (Å²) < 4.78 is 10.7. The van der Waals surface area contributed by atoms with E-state index in [0.29, 0.717) is 24.3 Å². The Labute approximate surface area is 219 Å². The SMILES string of the molecule is COc1cc(C#N)ccc1CNC(=O)[C@]1(C2CCCCC2)CCCN1C(=O)CNCC(=O)OC(C)(C)C. The maximum atomic E-state index is 13.9. The van der Waals surface area contributed by atoms with Crippen LogP contribution >= 0.6 is 0 Å². The first kappa shape index (κ1) is 28.5. The Hall–Kier alpha value is -3.12. The summed E-state index contributed by atoms with van der Waals surface area (Å²) in [6, 6.07) is 7.22. The largest absolute Gasteiger partial charge is 0.496 e. The van der Waals surface area contributed by atoms with E-state index in [9.17, 15) is 14.4 Å². The number of benzene rings is 1. The summed E-state index contributed by atoms with van der Waals surface area (Å²) in [4.78, 5) is 41.1. The molecule has 1 aromatic carbocycles. The summed E-state index contributed by atoms with van der Waals surface area (Å²) in [6.45, 7) is 6.03. The van der Waals surface area contributed by atoms with Crippen LogP contribution in [0.25, 0.3) is 0 Å². The summed E-state index contributed by atoms with van der Waals surface area (Å²) in [5, 5.41) is 15.2. The maximum Gasteiger partial charge on any atom is 0.320 e. The molecule has 2 fully saturated rings. The number of nitrogens with one attached hydrogen (secondary N) is 2. The van der Waals surface area contributed by atoms with Crippen molar-refractivity contribution in [3.05, 3.63) is 29.3 Å². The molecule has 9 nitrogen and oxygen atoms in total. The van der Waals surface area contributed by atoms with Gasteiger partial charge in [-0.1, -0.05) is 25.3 Å². The molecule has 2 aliphatic rings. The van der Waals surface area contributed by atoms with Crippen molar-refractivity contribution in [1.82, 2.24) is 15.5 Å². The molecule has 1 saturated carbocycles. The predicted molar refractivity (Wildman–Crippen MR) is 139 cm³/mol. The van der Waals surface area contributed by atoms with E-state index in [0.717, 1.165) is 44.1 Å². The second-order valence-corrected chi connectivity index (χ2v) is 10.9. The fraction of sp³-hybridized carbons (Fsp3) is 0.643. The average molecular weight is 513 g/mol. The lowest BCUT2D eigenvalue weighted by Gasteiger charge is -2.44. The van der Waals surface area contributed by atoms with Crippen molar-refractivity contribution in [2.75, 3.05) is 26.7 Å². The summed E-state index contributed by atoms with van der Waals surface area (Å²) in [5.41, 5.74) is -0.255. The summed E-state index contributed by atoms with van der Waals surface area (Å²) in [7, 11) is 1.53. The number of esters is 1. The highest BCUT2D eigenvalue weighted by Gasteiger charge is 2.54. The Morgan fingerprint density at radius 2 is 1.86 bits per heavy atom. The quantitative estimate of drug-likeness (QED) is 0.488. The van der Waals surface area contributed by atoms with E-state index in [4.69, 9.17) is 14.7 Å². The molecule has 202 valence electrons. The highest BCUT2D eigenvalue weighted by molar-refractivity contribution is 5.93. The van der Waals surface area contributed by atoms with E-state index in [2.05, 4.69) is 16.7 Å². The molecule has 0 radical (unpaired) electrons. The second kappa shape index (κ2) is 12.4. The molecule has 2 amide bonds. The Kier molecular flexibility index (Phi) is 9.55. The molecule has 1 heterocycles. The molecule has 1 atom stereocenters. The van der Waals surface area contributed by atoms with Gasteiger partial charge in [0.1, 0.15) is 16.9 Å². The third-order valence-corrected chi connectivity index (χ3v) is 7.22. The molecular formula is C28H40N4O5. The van der Waals surface area contributed by atoms with Crippen LogP contribution in [-0.2, 0) is 25.7 Å². The topological polar surface area (TPSA) is 121 Å². The van der Waals surface area contributed by atoms with E-state index in [1.165, 1.54) is 7.11 Å². The van der Waals surface area contributed by atoms with Gasteiger partial charge in [0.2, 0.25) is 11.8 Å². The number of rotatable bonds is 9. The lowest BCUT2D eigenvalue weighted by Crippen LogP contribution is -2.62. The first-order valence-electron chi connectivity index (χ1n) is 13.2. The van der Waals surface area contributed by atoms with Crippen LogP contribution < -0.4 is 15.4 Å². The van der Waals surface area contributed by atoms with Crippen molar-refractivity contribution in [1.29, 1.82) is 5.26 Å². The number of nitriles is 1. The molecule has 37 heavy (non-hydrogen) atoms. The highest BCUT2D eigenvalue weighted by atomic mass is 16.6. The van der Waals surface area contributed by atoms with Crippen LogP contribution in [0.15, 0.2) is 18.2 Å². The van der Waals surface area contributed by atoms with Gasteiger partial charge in [0.15, 0.2) is 0 Å². The predicted octanol–water partition coefficient (Wildman–Crippen LogP) is 3.06. The Morgan fingerprint density at radius 1 is 1.14 bits per heavy atom. The fourth-order valence-corrected chi connectivity index (χ4v) is 5.65. The lowest BCUT2D eigenvalue weighted by atomic mass is 9.72. The van der Waals surface area contributed by atoms with Crippen LogP contribution in [0.5, 0.6) is 5.75 Å². The minimum Gasteiger partial charge on any atom is -0.496 e. The van der Waals surface area contributed by atoms with Crippen molar-refractivity contribution in [2.45, 2.75) is 83.4 Å². The Morgan fingerprint density at radius 3 is 2.51 bits per heavy atom. The fourth-order valence-electron chi connectivity index (χ4n) is 5.65. The number of ether oxygens (including phenoxy) is 2. The minimum absolute atomic E-state index is 0.0373. The van der Waals surface area contributed by atoms with Gasteiger partial charge in [0.05, 0.1) is 31.8 Å². The van der Waals surface area contributed by atoms with Crippen molar-refractivity contribution < 1.29 is 23.9 Å².